The molecule has 0 atom stereocenters. The first-order valence-corrected chi connectivity index (χ1v) is 9.48. The summed E-state index contributed by atoms with van der Waals surface area (Å²) in [5.74, 6) is 0.402. The summed E-state index contributed by atoms with van der Waals surface area (Å²) < 4.78 is 28.7. The Morgan fingerprint density at radius 2 is 1.83 bits per heavy atom. The van der Waals surface area contributed by atoms with Crippen molar-refractivity contribution in [2.75, 3.05) is 26.5 Å². The SMILES string of the molecule is CN(CCOc1ccc(Cl)cc1)C(=O)c1cccc(S(C)(=O)=O)c1. The Morgan fingerprint density at radius 1 is 1.17 bits per heavy atom. The monoisotopic (exact) mass is 367 g/mol. The van der Waals surface area contributed by atoms with Crippen molar-refractivity contribution >= 4 is 27.3 Å². The summed E-state index contributed by atoms with van der Waals surface area (Å²) in [6, 6.07) is 12.9. The molecule has 0 bridgehead atoms. The highest BCUT2D eigenvalue weighted by Crippen LogP contribution is 2.16. The van der Waals surface area contributed by atoms with Gasteiger partial charge in [-0.1, -0.05) is 17.7 Å². The molecule has 0 aliphatic carbocycles. The van der Waals surface area contributed by atoms with Crippen molar-refractivity contribution in [1.82, 2.24) is 4.90 Å². The van der Waals surface area contributed by atoms with Gasteiger partial charge in [-0.2, -0.15) is 0 Å². The fraction of sp³-hybridized carbons (Fsp3) is 0.235. The molecule has 24 heavy (non-hydrogen) atoms. The van der Waals surface area contributed by atoms with Gasteiger partial charge in [0.15, 0.2) is 9.84 Å². The molecule has 0 aromatic heterocycles. The van der Waals surface area contributed by atoms with E-state index in [1.807, 2.05) is 0 Å². The molecular formula is C17H18ClNO4S. The summed E-state index contributed by atoms with van der Waals surface area (Å²) in [6.45, 7) is 0.681. The van der Waals surface area contributed by atoms with Gasteiger partial charge in [0.1, 0.15) is 12.4 Å². The standard InChI is InChI=1S/C17H18ClNO4S/c1-19(10-11-23-15-8-6-14(18)7-9-15)17(20)13-4-3-5-16(12-13)24(2,21)22/h3-9,12H,10-11H2,1-2H3. The van der Waals surface area contributed by atoms with E-state index in [-0.39, 0.29) is 10.8 Å². The van der Waals surface area contributed by atoms with Crippen molar-refractivity contribution in [2.45, 2.75) is 4.90 Å². The number of ether oxygens (including phenoxy) is 1. The number of nitrogens with zero attached hydrogens (tertiary/aromatic N) is 1. The van der Waals surface area contributed by atoms with Gasteiger partial charge < -0.3 is 9.64 Å². The highest BCUT2D eigenvalue weighted by atomic mass is 35.5. The summed E-state index contributed by atoms with van der Waals surface area (Å²) in [4.78, 5) is 14.0. The molecule has 0 fully saturated rings. The van der Waals surface area contributed by atoms with E-state index in [2.05, 4.69) is 0 Å². The van der Waals surface area contributed by atoms with Crippen molar-refractivity contribution in [3.8, 4) is 5.75 Å². The lowest BCUT2D eigenvalue weighted by Crippen LogP contribution is -2.31. The Morgan fingerprint density at radius 3 is 2.46 bits per heavy atom. The summed E-state index contributed by atoms with van der Waals surface area (Å²) in [6.07, 6.45) is 1.11. The van der Waals surface area contributed by atoms with Crippen LogP contribution < -0.4 is 4.74 Å². The van der Waals surface area contributed by atoms with Crippen LogP contribution in [0.3, 0.4) is 0 Å². The lowest BCUT2D eigenvalue weighted by Gasteiger charge is -2.18. The molecular weight excluding hydrogens is 350 g/mol. The molecule has 0 unspecified atom stereocenters. The number of hydrogen-bond acceptors (Lipinski definition) is 4. The zero-order valence-electron chi connectivity index (χ0n) is 13.4. The second-order valence-electron chi connectivity index (χ2n) is 5.33. The molecule has 0 radical (unpaired) electrons. The van der Waals surface area contributed by atoms with Crippen LogP contribution in [-0.2, 0) is 9.84 Å². The number of sulfone groups is 1. The quantitative estimate of drug-likeness (QED) is 0.787. The second-order valence-corrected chi connectivity index (χ2v) is 7.78. The van der Waals surface area contributed by atoms with Crippen LogP contribution in [0.5, 0.6) is 5.75 Å². The number of carbonyl (C=O) groups is 1. The Kier molecular flexibility index (Phi) is 5.85. The number of carbonyl (C=O) groups excluding carboxylic acids is 1. The van der Waals surface area contributed by atoms with Crippen LogP contribution in [-0.4, -0.2) is 45.7 Å². The lowest BCUT2D eigenvalue weighted by atomic mass is 10.2. The van der Waals surface area contributed by atoms with E-state index in [1.54, 1.807) is 43.4 Å². The Hall–Kier alpha value is -2.05. The Labute approximate surface area is 146 Å². The van der Waals surface area contributed by atoms with E-state index in [0.717, 1.165) is 6.26 Å². The molecule has 0 aliphatic heterocycles. The fourth-order valence-electron chi connectivity index (χ4n) is 2.01. The van der Waals surface area contributed by atoms with Crippen LogP contribution in [0, 0.1) is 0 Å². The normalized spacial score (nSPS) is 11.1. The summed E-state index contributed by atoms with van der Waals surface area (Å²) in [5, 5.41) is 0.625. The number of likely N-dealkylation sites (N-methyl/N-ethyl adjacent to an activating group) is 1. The van der Waals surface area contributed by atoms with E-state index in [0.29, 0.717) is 29.5 Å². The first-order chi connectivity index (χ1) is 11.3. The van der Waals surface area contributed by atoms with Gasteiger partial charge in [-0.3, -0.25) is 4.79 Å². The fourth-order valence-corrected chi connectivity index (χ4v) is 2.81. The minimum absolute atomic E-state index is 0.124. The van der Waals surface area contributed by atoms with Crippen molar-refractivity contribution in [3.05, 3.63) is 59.1 Å². The van der Waals surface area contributed by atoms with Gasteiger partial charge in [-0.15, -0.1) is 0 Å². The highest BCUT2D eigenvalue weighted by Gasteiger charge is 2.15. The molecule has 0 spiro atoms. The maximum atomic E-state index is 12.4. The number of hydrogen-bond donors (Lipinski definition) is 0. The molecule has 0 heterocycles. The van der Waals surface area contributed by atoms with Crippen LogP contribution in [0.15, 0.2) is 53.4 Å². The van der Waals surface area contributed by atoms with Gasteiger partial charge in [0.2, 0.25) is 0 Å². The van der Waals surface area contributed by atoms with Gasteiger partial charge in [0.25, 0.3) is 5.91 Å². The molecule has 1 amide bonds. The van der Waals surface area contributed by atoms with Gasteiger partial charge in [0, 0.05) is 23.9 Å². The maximum Gasteiger partial charge on any atom is 0.253 e. The zero-order chi connectivity index (χ0) is 17.7. The first-order valence-electron chi connectivity index (χ1n) is 7.21. The minimum Gasteiger partial charge on any atom is -0.492 e. The number of rotatable bonds is 6. The zero-order valence-corrected chi connectivity index (χ0v) is 15.0. The molecule has 0 saturated heterocycles. The molecule has 7 heteroatoms. The second kappa shape index (κ2) is 7.68. The lowest BCUT2D eigenvalue weighted by molar-refractivity contribution is 0.0773. The molecule has 5 nitrogen and oxygen atoms in total. The molecule has 128 valence electrons. The van der Waals surface area contributed by atoms with Gasteiger partial charge in [-0.25, -0.2) is 8.42 Å². The van der Waals surface area contributed by atoms with Crippen LogP contribution in [0.1, 0.15) is 10.4 Å². The third-order valence-corrected chi connectivity index (χ3v) is 4.73. The first kappa shape index (κ1) is 18.3. The summed E-state index contributed by atoms with van der Waals surface area (Å²) in [5.41, 5.74) is 0.326. The van der Waals surface area contributed by atoms with Gasteiger partial charge in [-0.05, 0) is 42.5 Å². The topological polar surface area (TPSA) is 63.7 Å². The van der Waals surface area contributed by atoms with Gasteiger partial charge in [0.05, 0.1) is 11.4 Å². The number of halogens is 1. The highest BCUT2D eigenvalue weighted by molar-refractivity contribution is 7.90. The molecule has 0 saturated carbocycles. The Bertz CT molecular complexity index is 819. The minimum atomic E-state index is -3.35. The average Bonchev–Trinajstić information content (AvgIpc) is 2.55. The van der Waals surface area contributed by atoms with Crippen LogP contribution in [0.25, 0.3) is 0 Å². The van der Waals surface area contributed by atoms with E-state index in [1.165, 1.54) is 17.0 Å². The van der Waals surface area contributed by atoms with Gasteiger partial charge >= 0.3 is 0 Å². The van der Waals surface area contributed by atoms with Crippen LogP contribution >= 0.6 is 11.6 Å². The van der Waals surface area contributed by atoms with E-state index < -0.39 is 9.84 Å². The molecule has 0 aliphatic rings. The maximum absolute atomic E-state index is 12.4. The van der Waals surface area contributed by atoms with Crippen LogP contribution in [0.4, 0.5) is 0 Å². The number of benzene rings is 2. The van der Waals surface area contributed by atoms with Crippen LogP contribution in [0.2, 0.25) is 5.02 Å². The summed E-state index contributed by atoms with van der Waals surface area (Å²) >= 11 is 5.80. The van der Waals surface area contributed by atoms with E-state index in [4.69, 9.17) is 16.3 Å². The Balaban J connectivity index is 1.96. The third-order valence-electron chi connectivity index (χ3n) is 3.36. The average molecular weight is 368 g/mol. The van der Waals surface area contributed by atoms with E-state index in [9.17, 15) is 13.2 Å². The molecule has 2 aromatic rings. The number of amides is 1. The van der Waals surface area contributed by atoms with Crippen molar-refractivity contribution in [1.29, 1.82) is 0 Å². The van der Waals surface area contributed by atoms with Crippen molar-refractivity contribution < 1.29 is 17.9 Å². The largest absolute Gasteiger partial charge is 0.492 e. The molecule has 2 aromatic carbocycles. The van der Waals surface area contributed by atoms with E-state index >= 15 is 0 Å². The van der Waals surface area contributed by atoms with Crippen molar-refractivity contribution in [2.24, 2.45) is 0 Å². The molecule has 2 rings (SSSR count). The predicted molar refractivity (Wildman–Crippen MR) is 93.5 cm³/mol. The predicted octanol–water partition coefficient (Wildman–Crippen LogP) is 2.89. The summed E-state index contributed by atoms with van der Waals surface area (Å²) in [7, 11) is -1.71. The smallest absolute Gasteiger partial charge is 0.253 e. The third kappa shape index (κ3) is 4.97. The van der Waals surface area contributed by atoms with Crippen molar-refractivity contribution in [3.63, 3.8) is 0 Å². The molecule has 0 N–H and O–H groups in total.